The number of aryl methyl sites for hydroxylation is 2. The summed E-state index contributed by atoms with van der Waals surface area (Å²) in [7, 11) is 0. The molecular formula is C28H37N5O4. The number of rotatable bonds is 11. The number of imidazole rings is 1. The van der Waals surface area contributed by atoms with Crippen LogP contribution in [0, 0.1) is 0 Å². The van der Waals surface area contributed by atoms with Crippen molar-refractivity contribution in [2.24, 2.45) is 0 Å². The molecule has 0 atom stereocenters. The lowest BCUT2D eigenvalue weighted by Crippen LogP contribution is -2.40. The SMILES string of the molecule is CCCCc1c(O)n2c3c(=O)n(CCCC)c(=O)n(CCCC)c3nc2n(-c2ccccc2CC)c1=O. The first-order chi connectivity index (χ1) is 17.9. The van der Waals surface area contributed by atoms with Crippen LogP contribution in [0.15, 0.2) is 38.6 Å². The van der Waals surface area contributed by atoms with E-state index in [0.29, 0.717) is 37.9 Å². The number of para-hydroxylation sites is 1. The molecule has 0 spiro atoms. The molecule has 0 bridgehead atoms. The van der Waals surface area contributed by atoms with Crippen LogP contribution in [0.4, 0.5) is 0 Å². The van der Waals surface area contributed by atoms with Crippen molar-refractivity contribution < 1.29 is 5.11 Å². The van der Waals surface area contributed by atoms with Gasteiger partial charge in [-0.05, 0) is 43.7 Å². The fourth-order valence-electron chi connectivity index (χ4n) is 4.88. The van der Waals surface area contributed by atoms with Crippen molar-refractivity contribution >= 4 is 16.9 Å². The molecule has 198 valence electrons. The van der Waals surface area contributed by atoms with E-state index in [1.54, 1.807) is 0 Å². The molecule has 0 saturated carbocycles. The van der Waals surface area contributed by atoms with Crippen LogP contribution in [0.3, 0.4) is 0 Å². The molecule has 0 amide bonds. The van der Waals surface area contributed by atoms with E-state index >= 15 is 0 Å². The molecule has 0 saturated heterocycles. The molecule has 0 aliphatic rings. The topological polar surface area (TPSA) is 104 Å². The average Bonchev–Trinajstić information content (AvgIpc) is 3.29. The Bertz CT molecular complexity index is 1610. The van der Waals surface area contributed by atoms with Crippen LogP contribution in [-0.4, -0.2) is 28.2 Å². The summed E-state index contributed by atoms with van der Waals surface area (Å²) in [6, 6.07) is 7.58. The number of unbranched alkanes of at least 4 members (excludes halogenated alkanes) is 3. The summed E-state index contributed by atoms with van der Waals surface area (Å²) < 4.78 is 5.65. The molecule has 3 heterocycles. The highest BCUT2D eigenvalue weighted by atomic mass is 16.3. The molecule has 1 aromatic carbocycles. The molecule has 0 unspecified atom stereocenters. The zero-order valence-corrected chi connectivity index (χ0v) is 22.3. The van der Waals surface area contributed by atoms with Gasteiger partial charge in [-0.1, -0.05) is 65.2 Å². The van der Waals surface area contributed by atoms with E-state index in [-0.39, 0.29) is 40.5 Å². The standard InChI is InChI=1S/C28H37N5O4/c1-5-9-15-20-24(34)32(21-16-13-12-14-19(21)8-4)27-29-23-22(33(27)25(20)35)26(36)31(18-11-7-3)28(37)30(23)17-10-6-2/h12-14,16,35H,5-11,15,17-18H2,1-4H3. The van der Waals surface area contributed by atoms with Crippen LogP contribution < -0.4 is 16.8 Å². The maximum atomic E-state index is 13.9. The Morgan fingerprint density at radius 1 is 0.838 bits per heavy atom. The van der Waals surface area contributed by atoms with E-state index in [4.69, 9.17) is 4.98 Å². The molecule has 3 aromatic heterocycles. The van der Waals surface area contributed by atoms with Gasteiger partial charge in [0.15, 0.2) is 11.2 Å². The third-order valence-corrected chi connectivity index (χ3v) is 7.01. The first kappa shape index (κ1) is 26.4. The highest BCUT2D eigenvalue weighted by Crippen LogP contribution is 2.26. The third-order valence-electron chi connectivity index (χ3n) is 7.01. The maximum absolute atomic E-state index is 13.9. The molecule has 0 aliphatic heterocycles. The van der Waals surface area contributed by atoms with E-state index in [9.17, 15) is 19.5 Å². The lowest BCUT2D eigenvalue weighted by molar-refractivity contribution is 0.434. The summed E-state index contributed by atoms with van der Waals surface area (Å²) in [4.78, 5) is 45.8. The molecule has 4 aromatic rings. The first-order valence-electron chi connectivity index (χ1n) is 13.5. The fourth-order valence-corrected chi connectivity index (χ4v) is 4.88. The number of benzene rings is 1. The quantitative estimate of drug-likeness (QED) is 0.328. The maximum Gasteiger partial charge on any atom is 0.332 e. The Labute approximate surface area is 215 Å². The minimum atomic E-state index is -0.501. The fraction of sp³-hybridized carbons (Fsp3) is 0.500. The van der Waals surface area contributed by atoms with Crippen molar-refractivity contribution in [2.75, 3.05) is 0 Å². The molecule has 1 N–H and O–H groups in total. The molecular weight excluding hydrogens is 470 g/mol. The Balaban J connectivity index is 2.25. The number of hydrogen-bond donors (Lipinski definition) is 1. The van der Waals surface area contributed by atoms with E-state index in [0.717, 1.165) is 31.2 Å². The summed E-state index contributed by atoms with van der Waals surface area (Å²) in [5, 5.41) is 11.4. The monoisotopic (exact) mass is 507 g/mol. The van der Waals surface area contributed by atoms with E-state index in [1.807, 2.05) is 52.0 Å². The second-order valence-electron chi connectivity index (χ2n) is 9.55. The van der Waals surface area contributed by atoms with Crippen LogP contribution in [-0.2, 0) is 25.9 Å². The molecule has 9 heteroatoms. The largest absolute Gasteiger partial charge is 0.494 e. The zero-order valence-electron chi connectivity index (χ0n) is 22.3. The summed E-state index contributed by atoms with van der Waals surface area (Å²) >= 11 is 0. The third kappa shape index (κ3) is 4.51. The Hall–Kier alpha value is -3.62. The number of aromatic hydroxyl groups is 1. The van der Waals surface area contributed by atoms with Crippen molar-refractivity contribution in [1.29, 1.82) is 0 Å². The van der Waals surface area contributed by atoms with Gasteiger partial charge in [0, 0.05) is 13.1 Å². The van der Waals surface area contributed by atoms with E-state index in [2.05, 4.69) is 0 Å². The highest BCUT2D eigenvalue weighted by molar-refractivity contribution is 5.77. The number of nitrogens with zero attached hydrogens (tertiary/aromatic N) is 5. The molecule has 0 fully saturated rings. The number of fused-ring (bicyclic) bond motifs is 3. The minimum Gasteiger partial charge on any atom is -0.494 e. The Kier molecular flexibility index (Phi) is 8.00. The van der Waals surface area contributed by atoms with Gasteiger partial charge in [0.1, 0.15) is 0 Å². The second-order valence-corrected chi connectivity index (χ2v) is 9.55. The number of aromatic nitrogens is 5. The summed E-state index contributed by atoms with van der Waals surface area (Å²) in [6.45, 7) is 8.74. The molecule has 0 radical (unpaired) electrons. The second kappa shape index (κ2) is 11.2. The van der Waals surface area contributed by atoms with Gasteiger partial charge in [-0.3, -0.25) is 18.7 Å². The smallest absolute Gasteiger partial charge is 0.332 e. The first-order valence-corrected chi connectivity index (χ1v) is 13.5. The van der Waals surface area contributed by atoms with Gasteiger partial charge >= 0.3 is 5.69 Å². The van der Waals surface area contributed by atoms with Crippen molar-refractivity contribution in [2.45, 2.75) is 92.2 Å². The molecule has 37 heavy (non-hydrogen) atoms. The van der Waals surface area contributed by atoms with Crippen molar-refractivity contribution in [1.82, 2.24) is 23.1 Å². The predicted octanol–water partition coefficient (Wildman–Crippen LogP) is 4.17. The van der Waals surface area contributed by atoms with Crippen molar-refractivity contribution in [3.8, 4) is 11.6 Å². The van der Waals surface area contributed by atoms with E-state index in [1.165, 1.54) is 18.1 Å². The van der Waals surface area contributed by atoms with Crippen LogP contribution >= 0.6 is 0 Å². The van der Waals surface area contributed by atoms with Crippen molar-refractivity contribution in [3.05, 3.63) is 66.6 Å². The zero-order chi connectivity index (χ0) is 26.7. The van der Waals surface area contributed by atoms with Gasteiger partial charge in [-0.15, -0.1) is 0 Å². The molecule has 9 nitrogen and oxygen atoms in total. The van der Waals surface area contributed by atoms with E-state index < -0.39 is 11.2 Å². The molecule has 0 aliphatic carbocycles. The van der Waals surface area contributed by atoms with Crippen LogP contribution in [0.2, 0.25) is 0 Å². The average molecular weight is 508 g/mol. The van der Waals surface area contributed by atoms with Gasteiger partial charge in [0.25, 0.3) is 11.1 Å². The predicted molar refractivity (Wildman–Crippen MR) is 146 cm³/mol. The van der Waals surface area contributed by atoms with Crippen LogP contribution in [0.25, 0.3) is 22.6 Å². The summed E-state index contributed by atoms with van der Waals surface area (Å²) in [5.41, 5.74) is 0.891. The highest BCUT2D eigenvalue weighted by Gasteiger charge is 2.26. The van der Waals surface area contributed by atoms with Gasteiger partial charge in [-0.2, -0.15) is 4.98 Å². The lowest BCUT2D eigenvalue weighted by Gasteiger charge is -2.15. The van der Waals surface area contributed by atoms with Crippen LogP contribution in [0.1, 0.15) is 77.3 Å². The molecule has 4 rings (SSSR count). The Morgan fingerprint density at radius 2 is 1.49 bits per heavy atom. The summed E-state index contributed by atoms with van der Waals surface area (Å²) in [6.07, 6.45) is 5.69. The summed E-state index contributed by atoms with van der Waals surface area (Å²) in [5.74, 6) is -0.144. The van der Waals surface area contributed by atoms with Gasteiger partial charge in [0.2, 0.25) is 11.7 Å². The normalized spacial score (nSPS) is 11.7. The van der Waals surface area contributed by atoms with Gasteiger partial charge < -0.3 is 5.11 Å². The Morgan fingerprint density at radius 3 is 2.14 bits per heavy atom. The number of hydrogen-bond acceptors (Lipinski definition) is 5. The minimum absolute atomic E-state index is 0.125. The van der Waals surface area contributed by atoms with Gasteiger partial charge in [0.05, 0.1) is 11.3 Å². The van der Waals surface area contributed by atoms with Crippen molar-refractivity contribution in [3.63, 3.8) is 0 Å². The lowest BCUT2D eigenvalue weighted by atomic mass is 10.1. The van der Waals surface area contributed by atoms with Gasteiger partial charge in [-0.25, -0.2) is 13.8 Å². The van der Waals surface area contributed by atoms with Crippen LogP contribution in [0.5, 0.6) is 5.88 Å².